The molecule has 0 amide bonds. The molecule has 1 aromatic rings. The van der Waals surface area contributed by atoms with Crippen LogP contribution in [-0.2, 0) is 9.84 Å². The van der Waals surface area contributed by atoms with Gasteiger partial charge in [0.2, 0.25) is 5.89 Å². The van der Waals surface area contributed by atoms with Crippen molar-refractivity contribution in [2.45, 2.75) is 30.4 Å². The molecule has 17 heavy (non-hydrogen) atoms. The van der Waals surface area contributed by atoms with Gasteiger partial charge in [-0.1, -0.05) is 5.16 Å². The highest BCUT2D eigenvalue weighted by Gasteiger charge is 2.37. The molecule has 2 unspecified atom stereocenters. The zero-order valence-electron chi connectivity index (χ0n) is 9.42. The Morgan fingerprint density at radius 3 is 2.88 bits per heavy atom. The highest BCUT2D eigenvalue weighted by atomic mass is 32.2. The highest BCUT2D eigenvalue weighted by Crippen LogP contribution is 2.34. The summed E-state index contributed by atoms with van der Waals surface area (Å²) in [7, 11) is -3.06. The van der Waals surface area contributed by atoms with E-state index in [4.69, 9.17) is 4.52 Å². The van der Waals surface area contributed by atoms with Gasteiger partial charge in [0.25, 0.3) is 0 Å². The van der Waals surface area contributed by atoms with Crippen molar-refractivity contribution in [2.24, 2.45) is 0 Å². The second-order valence-electron chi connectivity index (χ2n) is 4.68. The quantitative estimate of drug-likeness (QED) is 0.825. The van der Waals surface area contributed by atoms with E-state index >= 15 is 0 Å². The molecule has 7 heteroatoms. The second kappa shape index (κ2) is 4.06. The predicted molar refractivity (Wildman–Crippen MR) is 60.3 cm³/mol. The average molecular weight is 257 g/mol. The topological polar surface area (TPSA) is 85.1 Å². The van der Waals surface area contributed by atoms with E-state index in [0.29, 0.717) is 18.7 Å². The molecule has 6 nitrogen and oxygen atoms in total. The fraction of sp³-hybridized carbons (Fsp3) is 0.800. The van der Waals surface area contributed by atoms with Gasteiger partial charge in [0.05, 0.1) is 5.75 Å². The zero-order valence-corrected chi connectivity index (χ0v) is 10.2. The van der Waals surface area contributed by atoms with Crippen molar-refractivity contribution >= 4 is 9.84 Å². The van der Waals surface area contributed by atoms with Gasteiger partial charge >= 0.3 is 0 Å². The van der Waals surface area contributed by atoms with Crippen LogP contribution in [0, 0.1) is 0 Å². The second-order valence-corrected chi connectivity index (χ2v) is 6.98. The summed E-state index contributed by atoms with van der Waals surface area (Å²) in [5.41, 5.74) is 0. The Balaban J connectivity index is 1.85. The van der Waals surface area contributed by atoms with Crippen LogP contribution in [0.25, 0.3) is 0 Å². The molecular weight excluding hydrogens is 242 g/mol. The van der Waals surface area contributed by atoms with Crippen molar-refractivity contribution in [1.82, 2.24) is 15.5 Å². The average Bonchev–Trinajstić information content (AvgIpc) is 2.94. The molecule has 0 saturated carbocycles. The third-order valence-electron chi connectivity index (χ3n) is 3.49. The van der Waals surface area contributed by atoms with Gasteiger partial charge in [-0.2, -0.15) is 4.98 Å². The molecule has 2 aliphatic heterocycles. The maximum Gasteiger partial charge on any atom is 0.244 e. The van der Waals surface area contributed by atoms with Crippen molar-refractivity contribution in [3.8, 4) is 0 Å². The molecule has 3 heterocycles. The molecule has 0 aliphatic carbocycles. The SMILES string of the molecule is O=S1(=O)CCCC1c1nc(C2CCNC2)no1. The van der Waals surface area contributed by atoms with Gasteiger partial charge in [0.15, 0.2) is 15.7 Å². The van der Waals surface area contributed by atoms with Gasteiger partial charge in [-0.3, -0.25) is 0 Å². The minimum absolute atomic E-state index is 0.236. The zero-order chi connectivity index (χ0) is 11.9. The van der Waals surface area contributed by atoms with E-state index in [9.17, 15) is 8.42 Å². The first kappa shape index (κ1) is 11.2. The molecule has 2 fully saturated rings. The molecule has 0 spiro atoms. The molecular formula is C10H15N3O3S. The Labute approximate surface area is 99.7 Å². The van der Waals surface area contributed by atoms with E-state index in [0.717, 1.165) is 19.5 Å². The Morgan fingerprint density at radius 2 is 2.24 bits per heavy atom. The van der Waals surface area contributed by atoms with Gasteiger partial charge in [0.1, 0.15) is 5.25 Å². The van der Waals surface area contributed by atoms with Crippen LogP contribution in [-0.4, -0.2) is 37.4 Å². The first-order chi connectivity index (χ1) is 8.17. The largest absolute Gasteiger partial charge is 0.338 e. The van der Waals surface area contributed by atoms with E-state index in [1.807, 2.05) is 0 Å². The normalized spacial score (nSPS) is 32.0. The summed E-state index contributed by atoms with van der Waals surface area (Å²) < 4.78 is 28.6. The lowest BCUT2D eigenvalue weighted by atomic mass is 10.1. The van der Waals surface area contributed by atoms with E-state index in [-0.39, 0.29) is 17.6 Å². The van der Waals surface area contributed by atoms with Crippen LogP contribution in [0.2, 0.25) is 0 Å². The van der Waals surface area contributed by atoms with Crippen LogP contribution < -0.4 is 5.32 Å². The Hall–Kier alpha value is -0.950. The van der Waals surface area contributed by atoms with Gasteiger partial charge < -0.3 is 9.84 Å². The van der Waals surface area contributed by atoms with Gasteiger partial charge in [-0.05, 0) is 25.8 Å². The van der Waals surface area contributed by atoms with Crippen molar-refractivity contribution in [2.75, 3.05) is 18.8 Å². The Kier molecular flexibility index (Phi) is 2.67. The number of aromatic nitrogens is 2. The lowest BCUT2D eigenvalue weighted by Gasteiger charge is -2.02. The van der Waals surface area contributed by atoms with E-state index < -0.39 is 15.1 Å². The van der Waals surface area contributed by atoms with Gasteiger partial charge in [-0.25, -0.2) is 8.42 Å². The van der Waals surface area contributed by atoms with Crippen LogP contribution in [0.5, 0.6) is 0 Å². The van der Waals surface area contributed by atoms with Crippen LogP contribution in [0.4, 0.5) is 0 Å². The summed E-state index contributed by atoms with van der Waals surface area (Å²) in [4.78, 5) is 4.27. The minimum Gasteiger partial charge on any atom is -0.338 e. The molecule has 1 aromatic heterocycles. The van der Waals surface area contributed by atoms with Crippen molar-refractivity contribution in [1.29, 1.82) is 0 Å². The monoisotopic (exact) mass is 257 g/mol. The molecule has 2 saturated heterocycles. The number of sulfone groups is 1. The molecule has 2 aliphatic rings. The maximum absolute atomic E-state index is 11.8. The molecule has 0 bridgehead atoms. The summed E-state index contributed by atoms with van der Waals surface area (Å²) in [6, 6.07) is 0. The summed E-state index contributed by atoms with van der Waals surface area (Å²) in [6.45, 7) is 1.80. The van der Waals surface area contributed by atoms with Gasteiger partial charge in [-0.15, -0.1) is 0 Å². The van der Waals surface area contributed by atoms with Gasteiger partial charge in [0, 0.05) is 12.5 Å². The summed E-state index contributed by atoms with van der Waals surface area (Å²) >= 11 is 0. The number of nitrogens with one attached hydrogen (secondary N) is 1. The molecule has 0 aromatic carbocycles. The lowest BCUT2D eigenvalue weighted by Crippen LogP contribution is -2.10. The van der Waals surface area contributed by atoms with E-state index in [1.165, 1.54) is 0 Å². The molecule has 3 rings (SSSR count). The molecule has 0 radical (unpaired) electrons. The summed E-state index contributed by atoms with van der Waals surface area (Å²) in [6.07, 6.45) is 2.28. The number of hydrogen-bond acceptors (Lipinski definition) is 6. The molecule has 1 N–H and O–H groups in total. The smallest absolute Gasteiger partial charge is 0.244 e. The first-order valence-corrected chi connectivity index (χ1v) is 7.64. The third kappa shape index (κ3) is 1.97. The summed E-state index contributed by atoms with van der Waals surface area (Å²) in [5.74, 6) is 1.42. The van der Waals surface area contributed by atoms with Crippen LogP contribution in [0.15, 0.2) is 4.52 Å². The van der Waals surface area contributed by atoms with Crippen molar-refractivity contribution in [3.63, 3.8) is 0 Å². The summed E-state index contributed by atoms with van der Waals surface area (Å²) in [5, 5.41) is 6.57. The first-order valence-electron chi connectivity index (χ1n) is 5.92. The lowest BCUT2D eigenvalue weighted by molar-refractivity contribution is 0.364. The number of rotatable bonds is 2. The fourth-order valence-corrected chi connectivity index (χ4v) is 4.27. The standard InChI is InChI=1S/C10H15N3O3S/c14-17(15)5-1-2-8(17)10-12-9(13-16-10)7-3-4-11-6-7/h7-8,11H,1-6H2. The number of nitrogens with zero attached hydrogens (tertiary/aromatic N) is 2. The van der Waals surface area contributed by atoms with Crippen LogP contribution in [0.3, 0.4) is 0 Å². The van der Waals surface area contributed by atoms with Crippen LogP contribution in [0.1, 0.15) is 42.1 Å². The Bertz CT molecular complexity index is 505. The maximum atomic E-state index is 11.8. The van der Waals surface area contributed by atoms with E-state index in [2.05, 4.69) is 15.5 Å². The van der Waals surface area contributed by atoms with Crippen molar-refractivity contribution in [3.05, 3.63) is 11.7 Å². The third-order valence-corrected chi connectivity index (χ3v) is 5.65. The highest BCUT2D eigenvalue weighted by molar-refractivity contribution is 7.91. The minimum atomic E-state index is -3.06. The van der Waals surface area contributed by atoms with Crippen molar-refractivity contribution < 1.29 is 12.9 Å². The fourth-order valence-electron chi connectivity index (χ4n) is 2.49. The predicted octanol–water partition coefficient (Wildman–Crippen LogP) is 0.396. The van der Waals surface area contributed by atoms with Crippen LogP contribution >= 0.6 is 0 Å². The van der Waals surface area contributed by atoms with E-state index in [1.54, 1.807) is 0 Å². The molecule has 2 atom stereocenters. The molecule has 94 valence electrons. The number of hydrogen-bond donors (Lipinski definition) is 1. The Morgan fingerprint density at radius 1 is 1.35 bits per heavy atom.